The first-order valence-corrected chi connectivity index (χ1v) is 9.08. The summed E-state index contributed by atoms with van der Waals surface area (Å²) >= 11 is 13.2. The first-order valence-electron chi connectivity index (χ1n) is 6.02. The minimum Gasteiger partial charge on any atom is -0.326 e. The molecule has 3 N–H and O–H groups in total. The van der Waals surface area contributed by atoms with E-state index in [1.165, 1.54) is 6.07 Å². The Hall–Kier alpha value is -0.790. The molecule has 114 valence electrons. The highest BCUT2D eigenvalue weighted by atomic mass is 35.5. The fourth-order valence-electron chi connectivity index (χ4n) is 1.74. The Morgan fingerprint density at radius 3 is 2.38 bits per heavy atom. The second-order valence-electron chi connectivity index (χ2n) is 4.56. The molecule has 0 fully saturated rings. The van der Waals surface area contributed by atoms with E-state index in [0.717, 1.165) is 27.3 Å². The van der Waals surface area contributed by atoms with E-state index in [2.05, 4.69) is 4.72 Å². The number of hydrogen-bond acceptors (Lipinski definition) is 4. The third kappa shape index (κ3) is 3.52. The Bertz CT molecular complexity index is 786. The Morgan fingerprint density at radius 2 is 1.81 bits per heavy atom. The molecule has 0 aliphatic rings. The van der Waals surface area contributed by atoms with Crippen molar-refractivity contribution < 1.29 is 8.42 Å². The topological polar surface area (TPSA) is 72.2 Å². The molecule has 0 amide bonds. The van der Waals surface area contributed by atoms with Crippen molar-refractivity contribution in [3.05, 3.63) is 44.2 Å². The predicted octanol–water partition coefficient (Wildman–Crippen LogP) is 3.93. The van der Waals surface area contributed by atoms with E-state index in [1.807, 2.05) is 6.92 Å². The van der Waals surface area contributed by atoms with Gasteiger partial charge in [-0.05, 0) is 43.2 Å². The van der Waals surface area contributed by atoms with Gasteiger partial charge in [0.25, 0.3) is 10.0 Å². The van der Waals surface area contributed by atoms with Crippen molar-refractivity contribution >= 4 is 50.2 Å². The summed E-state index contributed by atoms with van der Waals surface area (Å²) in [7, 11) is -3.71. The number of nitrogens with one attached hydrogen (secondary N) is 1. The molecule has 0 aliphatic heterocycles. The van der Waals surface area contributed by atoms with Crippen LogP contribution in [0.2, 0.25) is 10.0 Å². The number of benzene rings is 1. The molecule has 0 unspecified atom stereocenters. The van der Waals surface area contributed by atoms with Crippen LogP contribution in [0.1, 0.15) is 16.0 Å². The Labute approximate surface area is 137 Å². The molecule has 4 nitrogen and oxygen atoms in total. The lowest BCUT2D eigenvalue weighted by molar-refractivity contribution is 0.603. The van der Waals surface area contributed by atoms with Gasteiger partial charge in [0, 0.05) is 16.4 Å². The van der Waals surface area contributed by atoms with Crippen molar-refractivity contribution in [1.29, 1.82) is 0 Å². The molecule has 1 heterocycles. The Balaban J connectivity index is 2.39. The molecule has 0 aliphatic carbocycles. The SMILES string of the molecule is Cc1cc(Cl)c(NS(=O)(=O)c2cc(C)c(CN)s2)cc1Cl. The molecule has 1 aromatic heterocycles. The van der Waals surface area contributed by atoms with Gasteiger partial charge in [0.2, 0.25) is 0 Å². The van der Waals surface area contributed by atoms with Gasteiger partial charge in [0.1, 0.15) is 4.21 Å². The highest BCUT2D eigenvalue weighted by molar-refractivity contribution is 7.94. The Morgan fingerprint density at radius 1 is 1.14 bits per heavy atom. The number of thiophene rings is 1. The van der Waals surface area contributed by atoms with Crippen LogP contribution in [0.3, 0.4) is 0 Å². The summed E-state index contributed by atoms with van der Waals surface area (Å²) in [6.07, 6.45) is 0. The second-order valence-corrected chi connectivity index (χ2v) is 8.42. The number of anilines is 1. The van der Waals surface area contributed by atoms with Gasteiger partial charge >= 0.3 is 0 Å². The minimum absolute atomic E-state index is 0.202. The molecule has 2 rings (SSSR count). The molecule has 2 aromatic rings. The first kappa shape index (κ1) is 16.6. The quantitative estimate of drug-likeness (QED) is 0.862. The van der Waals surface area contributed by atoms with Crippen LogP contribution in [0.5, 0.6) is 0 Å². The van der Waals surface area contributed by atoms with Gasteiger partial charge in [-0.15, -0.1) is 11.3 Å². The highest BCUT2D eigenvalue weighted by Crippen LogP contribution is 2.32. The van der Waals surface area contributed by atoms with Crippen LogP contribution < -0.4 is 10.5 Å². The fraction of sp³-hybridized carbons (Fsp3) is 0.231. The molecule has 8 heteroatoms. The van der Waals surface area contributed by atoms with Gasteiger partial charge in [0.05, 0.1) is 10.7 Å². The van der Waals surface area contributed by atoms with E-state index >= 15 is 0 Å². The maximum Gasteiger partial charge on any atom is 0.271 e. The second kappa shape index (κ2) is 6.14. The first-order chi connectivity index (χ1) is 9.74. The Kier molecular flexibility index (Phi) is 4.85. The average Bonchev–Trinajstić information content (AvgIpc) is 2.78. The summed E-state index contributed by atoms with van der Waals surface area (Å²) < 4.78 is 27.4. The lowest BCUT2D eigenvalue weighted by atomic mass is 10.2. The smallest absolute Gasteiger partial charge is 0.271 e. The molecule has 21 heavy (non-hydrogen) atoms. The summed E-state index contributed by atoms with van der Waals surface area (Å²) in [6, 6.07) is 4.71. The van der Waals surface area contributed by atoms with Crippen LogP contribution >= 0.6 is 34.5 Å². The summed E-state index contributed by atoms with van der Waals surface area (Å²) in [4.78, 5) is 0.836. The van der Waals surface area contributed by atoms with Crippen LogP contribution in [0.15, 0.2) is 22.4 Å². The summed E-state index contributed by atoms with van der Waals surface area (Å²) in [5.74, 6) is 0. The van der Waals surface area contributed by atoms with Crippen LogP contribution in [0.25, 0.3) is 0 Å². The maximum atomic E-state index is 12.4. The van der Waals surface area contributed by atoms with Gasteiger partial charge in [-0.2, -0.15) is 0 Å². The molecule has 1 aromatic carbocycles. The van der Waals surface area contributed by atoms with E-state index in [9.17, 15) is 8.42 Å². The molecule has 0 saturated heterocycles. The number of nitrogens with two attached hydrogens (primary N) is 1. The van der Waals surface area contributed by atoms with Gasteiger partial charge < -0.3 is 5.73 Å². The van der Waals surface area contributed by atoms with Gasteiger partial charge in [-0.1, -0.05) is 23.2 Å². The van der Waals surface area contributed by atoms with Crippen molar-refractivity contribution in [2.45, 2.75) is 24.6 Å². The molecular weight excluding hydrogens is 351 g/mol. The van der Waals surface area contributed by atoms with Crippen LogP contribution in [0, 0.1) is 13.8 Å². The monoisotopic (exact) mass is 364 g/mol. The zero-order chi connectivity index (χ0) is 15.8. The van der Waals surface area contributed by atoms with Crippen LogP contribution in [-0.4, -0.2) is 8.42 Å². The average molecular weight is 365 g/mol. The minimum atomic E-state index is -3.71. The highest BCUT2D eigenvalue weighted by Gasteiger charge is 2.20. The number of hydrogen-bond donors (Lipinski definition) is 2. The summed E-state index contributed by atoms with van der Waals surface area (Å²) in [6.45, 7) is 3.93. The zero-order valence-electron chi connectivity index (χ0n) is 11.4. The number of aryl methyl sites for hydroxylation is 2. The van der Waals surface area contributed by atoms with Crippen molar-refractivity contribution in [3.63, 3.8) is 0 Å². The lowest BCUT2D eigenvalue weighted by Crippen LogP contribution is -2.12. The van der Waals surface area contributed by atoms with Crippen molar-refractivity contribution in [2.75, 3.05) is 4.72 Å². The van der Waals surface area contributed by atoms with Crippen molar-refractivity contribution in [2.24, 2.45) is 5.73 Å². The molecular formula is C13H14Cl2N2O2S2. The van der Waals surface area contributed by atoms with E-state index in [-0.39, 0.29) is 9.90 Å². The summed E-state index contributed by atoms with van der Waals surface area (Å²) in [5, 5.41) is 0.745. The van der Waals surface area contributed by atoms with Crippen molar-refractivity contribution in [3.8, 4) is 0 Å². The number of rotatable bonds is 4. The maximum absolute atomic E-state index is 12.4. The fourth-order valence-corrected chi connectivity index (χ4v) is 4.77. The van der Waals surface area contributed by atoms with Gasteiger partial charge in [-0.25, -0.2) is 8.42 Å². The van der Waals surface area contributed by atoms with Crippen LogP contribution in [0.4, 0.5) is 5.69 Å². The van der Waals surface area contributed by atoms with E-state index in [1.54, 1.807) is 19.1 Å². The van der Waals surface area contributed by atoms with Gasteiger partial charge in [0.15, 0.2) is 0 Å². The molecule has 0 spiro atoms. The zero-order valence-corrected chi connectivity index (χ0v) is 14.6. The van der Waals surface area contributed by atoms with E-state index < -0.39 is 10.0 Å². The van der Waals surface area contributed by atoms with Crippen LogP contribution in [-0.2, 0) is 16.6 Å². The van der Waals surface area contributed by atoms with E-state index in [0.29, 0.717) is 16.6 Å². The number of halogens is 2. The number of sulfonamides is 1. The summed E-state index contributed by atoms with van der Waals surface area (Å²) in [5.41, 5.74) is 7.47. The lowest BCUT2D eigenvalue weighted by Gasteiger charge is -2.10. The molecule has 0 radical (unpaired) electrons. The van der Waals surface area contributed by atoms with Crippen molar-refractivity contribution in [1.82, 2.24) is 0 Å². The largest absolute Gasteiger partial charge is 0.326 e. The third-order valence-electron chi connectivity index (χ3n) is 2.94. The molecule has 0 saturated carbocycles. The predicted molar refractivity (Wildman–Crippen MR) is 89.0 cm³/mol. The standard InChI is InChI=1S/C13H14Cl2N2O2S2/c1-7-3-10(15)11(5-9(7)14)17-21(18,19)13-4-8(2)12(6-16)20-13/h3-5,17H,6,16H2,1-2H3. The normalized spacial score (nSPS) is 11.7. The molecule has 0 bridgehead atoms. The molecule has 0 atom stereocenters. The van der Waals surface area contributed by atoms with E-state index in [4.69, 9.17) is 28.9 Å². The third-order valence-corrected chi connectivity index (χ3v) is 6.76. The van der Waals surface area contributed by atoms with Gasteiger partial charge in [-0.3, -0.25) is 4.72 Å².